The van der Waals surface area contributed by atoms with Gasteiger partial charge in [-0.05, 0) is 23.8 Å². The summed E-state index contributed by atoms with van der Waals surface area (Å²) in [5, 5.41) is 20.1. The van der Waals surface area contributed by atoms with Crippen LogP contribution < -0.4 is 5.63 Å². The van der Waals surface area contributed by atoms with Gasteiger partial charge in [-0.3, -0.25) is 0 Å². The third-order valence-corrected chi connectivity index (χ3v) is 2.95. The van der Waals surface area contributed by atoms with Gasteiger partial charge in [0.15, 0.2) is 11.5 Å². The van der Waals surface area contributed by atoms with Crippen molar-refractivity contribution in [3.63, 3.8) is 0 Å². The van der Waals surface area contributed by atoms with E-state index in [-0.39, 0.29) is 11.5 Å². The van der Waals surface area contributed by atoms with Crippen LogP contribution in [0.2, 0.25) is 0 Å². The molecule has 0 saturated heterocycles. The molecule has 94 valence electrons. The number of aromatic hydroxyl groups is 2. The smallest absolute Gasteiger partial charge is 0.336 e. The standard InChI is InChI=1S/C15H10O4/c16-12-3-1-2-11(15(12)18)10-5-4-9-6-7-14(17)19-13(9)8-10/h1-8,16,18H. The van der Waals surface area contributed by atoms with Crippen molar-refractivity contribution in [1.29, 1.82) is 0 Å². The zero-order chi connectivity index (χ0) is 13.4. The minimum Gasteiger partial charge on any atom is -0.504 e. The average Bonchev–Trinajstić information content (AvgIpc) is 2.41. The molecule has 1 heterocycles. The lowest BCUT2D eigenvalue weighted by Gasteiger charge is -2.06. The van der Waals surface area contributed by atoms with Crippen molar-refractivity contribution in [3.05, 3.63) is 59.0 Å². The number of phenolic OH excluding ortho intramolecular Hbond substituents is 2. The second kappa shape index (κ2) is 4.17. The molecule has 0 amide bonds. The van der Waals surface area contributed by atoms with Crippen LogP contribution in [0.3, 0.4) is 0 Å². The van der Waals surface area contributed by atoms with Crippen molar-refractivity contribution in [3.8, 4) is 22.6 Å². The lowest BCUT2D eigenvalue weighted by molar-refractivity contribution is 0.405. The summed E-state index contributed by atoms with van der Waals surface area (Å²) in [4.78, 5) is 11.2. The SMILES string of the molecule is O=c1ccc2ccc(-c3cccc(O)c3O)cc2o1. The first kappa shape index (κ1) is 11.3. The van der Waals surface area contributed by atoms with Crippen LogP contribution in [0.5, 0.6) is 11.5 Å². The Hall–Kier alpha value is -2.75. The molecular weight excluding hydrogens is 244 g/mol. The lowest BCUT2D eigenvalue weighted by atomic mass is 10.0. The molecule has 0 atom stereocenters. The summed E-state index contributed by atoms with van der Waals surface area (Å²) in [7, 11) is 0. The number of benzene rings is 2. The zero-order valence-corrected chi connectivity index (χ0v) is 9.83. The molecular formula is C15H10O4. The van der Waals surface area contributed by atoms with Crippen LogP contribution in [0.15, 0.2) is 57.7 Å². The molecule has 4 heteroatoms. The van der Waals surface area contributed by atoms with Gasteiger partial charge < -0.3 is 14.6 Å². The van der Waals surface area contributed by atoms with Gasteiger partial charge in [0.2, 0.25) is 0 Å². The highest BCUT2D eigenvalue weighted by Gasteiger charge is 2.09. The van der Waals surface area contributed by atoms with E-state index >= 15 is 0 Å². The summed E-state index contributed by atoms with van der Waals surface area (Å²) in [5.74, 6) is -0.382. The van der Waals surface area contributed by atoms with Crippen LogP contribution in [0.1, 0.15) is 0 Å². The molecule has 0 unspecified atom stereocenters. The van der Waals surface area contributed by atoms with Gasteiger partial charge in [0.1, 0.15) is 5.58 Å². The van der Waals surface area contributed by atoms with Gasteiger partial charge in [0.25, 0.3) is 0 Å². The normalized spacial score (nSPS) is 10.7. The van der Waals surface area contributed by atoms with E-state index < -0.39 is 5.63 Å². The van der Waals surface area contributed by atoms with E-state index in [2.05, 4.69) is 0 Å². The van der Waals surface area contributed by atoms with Gasteiger partial charge in [-0.25, -0.2) is 4.79 Å². The summed E-state index contributed by atoms with van der Waals surface area (Å²) in [6.07, 6.45) is 0. The first-order valence-corrected chi connectivity index (χ1v) is 5.70. The minimum atomic E-state index is -0.426. The Kier molecular flexibility index (Phi) is 2.49. The molecule has 4 nitrogen and oxygen atoms in total. The second-order valence-electron chi connectivity index (χ2n) is 4.18. The van der Waals surface area contributed by atoms with Gasteiger partial charge in [-0.15, -0.1) is 0 Å². The van der Waals surface area contributed by atoms with Crippen LogP contribution >= 0.6 is 0 Å². The fraction of sp³-hybridized carbons (Fsp3) is 0. The van der Waals surface area contributed by atoms with E-state index in [1.807, 2.05) is 0 Å². The van der Waals surface area contributed by atoms with Crippen molar-refractivity contribution in [2.75, 3.05) is 0 Å². The van der Waals surface area contributed by atoms with E-state index in [1.165, 1.54) is 12.1 Å². The fourth-order valence-corrected chi connectivity index (χ4v) is 1.99. The number of para-hydroxylation sites is 1. The molecule has 0 saturated carbocycles. The van der Waals surface area contributed by atoms with Crippen LogP contribution in [0.25, 0.3) is 22.1 Å². The van der Waals surface area contributed by atoms with E-state index in [0.717, 1.165) is 5.39 Å². The fourth-order valence-electron chi connectivity index (χ4n) is 1.99. The zero-order valence-electron chi connectivity index (χ0n) is 9.83. The second-order valence-corrected chi connectivity index (χ2v) is 4.18. The van der Waals surface area contributed by atoms with Crippen LogP contribution in [0.4, 0.5) is 0 Å². The largest absolute Gasteiger partial charge is 0.504 e. The molecule has 2 aromatic carbocycles. The molecule has 0 fully saturated rings. The average molecular weight is 254 g/mol. The van der Waals surface area contributed by atoms with E-state index in [9.17, 15) is 15.0 Å². The van der Waals surface area contributed by atoms with Gasteiger partial charge in [-0.1, -0.05) is 24.3 Å². The Bertz CT molecular complexity index is 818. The third-order valence-electron chi connectivity index (χ3n) is 2.95. The molecule has 2 N–H and O–H groups in total. The lowest BCUT2D eigenvalue weighted by Crippen LogP contribution is -1.94. The summed E-state index contributed by atoms with van der Waals surface area (Å²) in [6.45, 7) is 0. The van der Waals surface area contributed by atoms with E-state index in [1.54, 1.807) is 36.4 Å². The molecule has 0 bridgehead atoms. The molecule has 0 aliphatic heterocycles. The molecule has 3 aromatic rings. The van der Waals surface area contributed by atoms with Crippen molar-refractivity contribution in [2.24, 2.45) is 0 Å². The number of hydrogen-bond acceptors (Lipinski definition) is 4. The first-order valence-electron chi connectivity index (χ1n) is 5.70. The Labute approximate surface area is 108 Å². The molecule has 0 aliphatic carbocycles. The number of hydrogen-bond donors (Lipinski definition) is 2. The Morgan fingerprint density at radius 1 is 0.947 bits per heavy atom. The Morgan fingerprint density at radius 2 is 1.74 bits per heavy atom. The number of rotatable bonds is 1. The number of phenols is 2. The van der Waals surface area contributed by atoms with Crippen LogP contribution in [-0.4, -0.2) is 10.2 Å². The highest BCUT2D eigenvalue weighted by molar-refractivity contribution is 5.84. The molecule has 1 aromatic heterocycles. The maximum atomic E-state index is 11.2. The van der Waals surface area contributed by atoms with Crippen molar-refractivity contribution < 1.29 is 14.6 Å². The molecule has 0 spiro atoms. The Balaban J connectivity index is 2.25. The van der Waals surface area contributed by atoms with Crippen molar-refractivity contribution in [1.82, 2.24) is 0 Å². The van der Waals surface area contributed by atoms with Gasteiger partial charge in [-0.2, -0.15) is 0 Å². The summed E-state index contributed by atoms with van der Waals surface area (Å²) < 4.78 is 5.09. The highest BCUT2D eigenvalue weighted by atomic mass is 16.4. The maximum Gasteiger partial charge on any atom is 0.336 e. The highest BCUT2D eigenvalue weighted by Crippen LogP contribution is 2.36. The monoisotopic (exact) mass is 254 g/mol. The summed E-state index contributed by atoms with van der Waals surface area (Å²) in [5.41, 5.74) is 1.15. The number of fused-ring (bicyclic) bond motifs is 1. The molecule has 0 aliphatic rings. The van der Waals surface area contributed by atoms with Gasteiger partial charge in [0.05, 0.1) is 0 Å². The summed E-state index contributed by atoms with van der Waals surface area (Å²) in [6, 6.07) is 13.0. The first-order chi connectivity index (χ1) is 9.15. The topological polar surface area (TPSA) is 70.7 Å². The van der Waals surface area contributed by atoms with Crippen molar-refractivity contribution >= 4 is 11.0 Å². The van der Waals surface area contributed by atoms with E-state index in [0.29, 0.717) is 16.7 Å². The molecule has 0 radical (unpaired) electrons. The molecule has 3 rings (SSSR count). The van der Waals surface area contributed by atoms with Gasteiger partial charge >= 0.3 is 5.63 Å². The quantitative estimate of drug-likeness (QED) is 0.517. The van der Waals surface area contributed by atoms with E-state index in [4.69, 9.17) is 4.42 Å². The van der Waals surface area contributed by atoms with Crippen LogP contribution in [-0.2, 0) is 0 Å². The third kappa shape index (κ3) is 1.93. The minimum absolute atomic E-state index is 0.188. The maximum absolute atomic E-state index is 11.2. The Morgan fingerprint density at radius 3 is 2.58 bits per heavy atom. The van der Waals surface area contributed by atoms with Gasteiger partial charge in [0, 0.05) is 17.0 Å². The summed E-state index contributed by atoms with van der Waals surface area (Å²) >= 11 is 0. The predicted molar refractivity (Wildman–Crippen MR) is 71.2 cm³/mol. The van der Waals surface area contributed by atoms with Crippen LogP contribution in [0, 0.1) is 0 Å². The van der Waals surface area contributed by atoms with Crippen molar-refractivity contribution in [2.45, 2.75) is 0 Å². The predicted octanol–water partition coefficient (Wildman–Crippen LogP) is 2.87. The molecule has 19 heavy (non-hydrogen) atoms.